The molecule has 2 aromatic carbocycles. The Kier molecular flexibility index (Phi) is 4.62. The molecule has 0 saturated heterocycles. The largest absolute Gasteiger partial charge is 0.376 e. The minimum Gasteiger partial charge on any atom is -0.376 e. The lowest BCUT2D eigenvalue weighted by atomic mass is 10.2. The number of carbonyl (C=O) groups is 1. The van der Waals surface area contributed by atoms with Crippen LogP contribution in [-0.4, -0.2) is 17.4 Å². The van der Waals surface area contributed by atoms with Crippen LogP contribution in [-0.2, 0) is 4.79 Å². The number of amides is 1. The molecule has 6 nitrogen and oxygen atoms in total. The zero-order chi connectivity index (χ0) is 16.1. The Bertz CT molecular complexity index is 702. The van der Waals surface area contributed by atoms with E-state index in [1.807, 2.05) is 0 Å². The van der Waals surface area contributed by atoms with Gasteiger partial charge in [0.15, 0.2) is 0 Å². The van der Waals surface area contributed by atoms with E-state index >= 15 is 0 Å². The number of nitrogens with one attached hydrogen (secondary N) is 2. The molecular weight excluding hydrogens is 296 g/mol. The van der Waals surface area contributed by atoms with Crippen LogP contribution in [0.3, 0.4) is 0 Å². The van der Waals surface area contributed by atoms with E-state index in [2.05, 4.69) is 10.6 Å². The Morgan fingerprint density at radius 2 is 1.77 bits per heavy atom. The maximum Gasteiger partial charge on any atom is 0.271 e. The van der Waals surface area contributed by atoms with Gasteiger partial charge in [0, 0.05) is 29.6 Å². The molecule has 1 amide bonds. The second kappa shape index (κ2) is 6.61. The monoisotopic (exact) mass is 307 g/mol. The molecule has 0 radical (unpaired) electrons. The first-order chi connectivity index (χ1) is 10.4. The van der Waals surface area contributed by atoms with Crippen LogP contribution in [0.1, 0.15) is 0 Å². The van der Waals surface area contributed by atoms with Gasteiger partial charge in [0.25, 0.3) is 5.69 Å². The van der Waals surface area contributed by atoms with Gasteiger partial charge in [-0.25, -0.2) is 8.78 Å². The third kappa shape index (κ3) is 4.23. The van der Waals surface area contributed by atoms with E-state index < -0.39 is 22.5 Å². The molecule has 114 valence electrons. The highest BCUT2D eigenvalue weighted by atomic mass is 19.1. The molecule has 8 heteroatoms. The van der Waals surface area contributed by atoms with Crippen molar-refractivity contribution in [2.75, 3.05) is 17.2 Å². The minimum absolute atomic E-state index is 0.0108. The minimum atomic E-state index is -0.804. The summed E-state index contributed by atoms with van der Waals surface area (Å²) in [7, 11) is 0. The predicted molar refractivity (Wildman–Crippen MR) is 76.6 cm³/mol. The topological polar surface area (TPSA) is 84.3 Å². The number of nitrogens with zero attached hydrogens (tertiary/aromatic N) is 1. The summed E-state index contributed by atoms with van der Waals surface area (Å²) in [6.07, 6.45) is 0. The van der Waals surface area contributed by atoms with Crippen molar-refractivity contribution in [2.45, 2.75) is 0 Å². The molecule has 0 aromatic heterocycles. The fourth-order valence-corrected chi connectivity index (χ4v) is 1.74. The van der Waals surface area contributed by atoms with Gasteiger partial charge in [0.05, 0.1) is 11.5 Å². The molecule has 0 bridgehead atoms. The standard InChI is InChI=1S/C14H11F2N3O3/c15-9-4-10(16)6-12(5-9)18-14(20)8-17-11-2-1-3-13(7-11)19(21)22/h1-7,17H,8H2,(H,18,20). The van der Waals surface area contributed by atoms with Crippen molar-refractivity contribution in [1.82, 2.24) is 0 Å². The summed E-state index contributed by atoms with van der Waals surface area (Å²) in [5, 5.41) is 15.6. The molecule has 2 rings (SSSR count). The highest BCUT2D eigenvalue weighted by molar-refractivity contribution is 5.93. The zero-order valence-corrected chi connectivity index (χ0v) is 11.2. The van der Waals surface area contributed by atoms with Crippen LogP contribution >= 0.6 is 0 Å². The fourth-order valence-electron chi connectivity index (χ4n) is 1.74. The first-order valence-electron chi connectivity index (χ1n) is 6.18. The number of hydrogen-bond acceptors (Lipinski definition) is 4. The Morgan fingerprint density at radius 3 is 2.41 bits per heavy atom. The fraction of sp³-hybridized carbons (Fsp3) is 0.0714. The van der Waals surface area contributed by atoms with E-state index in [9.17, 15) is 23.7 Å². The zero-order valence-electron chi connectivity index (χ0n) is 11.2. The number of non-ortho nitro benzene ring substituents is 1. The lowest BCUT2D eigenvalue weighted by Gasteiger charge is -2.08. The van der Waals surface area contributed by atoms with Crippen molar-refractivity contribution in [1.29, 1.82) is 0 Å². The lowest BCUT2D eigenvalue weighted by molar-refractivity contribution is -0.384. The summed E-state index contributed by atoms with van der Waals surface area (Å²) in [6.45, 7) is -0.209. The van der Waals surface area contributed by atoms with Crippen molar-refractivity contribution in [3.8, 4) is 0 Å². The number of rotatable bonds is 5. The Morgan fingerprint density at radius 1 is 1.09 bits per heavy atom. The maximum absolute atomic E-state index is 13.0. The van der Waals surface area contributed by atoms with Crippen LogP contribution in [0.2, 0.25) is 0 Å². The molecule has 0 unspecified atom stereocenters. The van der Waals surface area contributed by atoms with Crippen LogP contribution in [0, 0.1) is 21.7 Å². The molecule has 0 atom stereocenters. The maximum atomic E-state index is 13.0. The average Bonchev–Trinajstić information content (AvgIpc) is 2.44. The normalized spacial score (nSPS) is 10.1. The molecular formula is C14H11F2N3O3. The Balaban J connectivity index is 1.95. The SMILES string of the molecule is O=C(CNc1cccc([N+](=O)[O-])c1)Nc1cc(F)cc(F)c1. The number of nitro benzene ring substituents is 1. The molecule has 0 heterocycles. The van der Waals surface area contributed by atoms with Crippen LogP contribution in [0.4, 0.5) is 25.8 Å². The number of anilines is 2. The summed E-state index contributed by atoms with van der Waals surface area (Å²) >= 11 is 0. The van der Waals surface area contributed by atoms with Crippen molar-refractivity contribution in [2.24, 2.45) is 0 Å². The smallest absolute Gasteiger partial charge is 0.271 e. The average molecular weight is 307 g/mol. The summed E-state index contributed by atoms with van der Waals surface area (Å²) in [6, 6.07) is 8.28. The molecule has 2 N–H and O–H groups in total. The van der Waals surface area contributed by atoms with Gasteiger partial charge in [-0.2, -0.15) is 0 Å². The van der Waals surface area contributed by atoms with E-state index in [1.54, 1.807) is 6.07 Å². The highest BCUT2D eigenvalue weighted by Crippen LogP contribution is 2.17. The summed E-state index contributed by atoms with van der Waals surface area (Å²) in [4.78, 5) is 21.7. The number of hydrogen-bond donors (Lipinski definition) is 2. The van der Waals surface area contributed by atoms with Gasteiger partial charge in [-0.1, -0.05) is 6.07 Å². The molecule has 0 aliphatic carbocycles. The first-order valence-corrected chi connectivity index (χ1v) is 6.18. The number of carbonyl (C=O) groups excluding carboxylic acids is 1. The third-order valence-electron chi connectivity index (χ3n) is 2.66. The van der Waals surface area contributed by atoms with Gasteiger partial charge >= 0.3 is 0 Å². The lowest BCUT2D eigenvalue weighted by Crippen LogP contribution is -2.21. The predicted octanol–water partition coefficient (Wildman–Crippen LogP) is 2.92. The van der Waals surface area contributed by atoms with E-state index in [-0.39, 0.29) is 17.9 Å². The molecule has 0 aliphatic heterocycles. The molecule has 0 fully saturated rings. The van der Waals surface area contributed by atoms with E-state index in [1.165, 1.54) is 18.2 Å². The molecule has 22 heavy (non-hydrogen) atoms. The van der Waals surface area contributed by atoms with Crippen LogP contribution in [0.5, 0.6) is 0 Å². The van der Waals surface area contributed by atoms with Crippen LogP contribution in [0.25, 0.3) is 0 Å². The van der Waals surface area contributed by atoms with Gasteiger partial charge in [0.1, 0.15) is 11.6 Å². The highest BCUT2D eigenvalue weighted by Gasteiger charge is 2.08. The number of halogens is 2. The van der Waals surface area contributed by atoms with E-state index in [4.69, 9.17) is 0 Å². The molecule has 0 saturated carbocycles. The summed E-state index contributed by atoms with van der Waals surface area (Å²) < 4.78 is 26.0. The summed E-state index contributed by atoms with van der Waals surface area (Å²) in [5.74, 6) is -2.15. The van der Waals surface area contributed by atoms with Crippen molar-refractivity contribution < 1.29 is 18.5 Å². The number of benzene rings is 2. The molecule has 0 aliphatic rings. The Hall–Kier alpha value is -3.03. The number of nitro groups is 1. The van der Waals surface area contributed by atoms with Crippen LogP contribution < -0.4 is 10.6 Å². The van der Waals surface area contributed by atoms with E-state index in [0.717, 1.165) is 12.1 Å². The van der Waals surface area contributed by atoms with Gasteiger partial charge in [-0.3, -0.25) is 14.9 Å². The second-order valence-electron chi connectivity index (χ2n) is 4.37. The quantitative estimate of drug-likeness (QED) is 0.657. The second-order valence-corrected chi connectivity index (χ2v) is 4.37. The molecule has 2 aromatic rings. The van der Waals surface area contributed by atoms with E-state index in [0.29, 0.717) is 11.8 Å². The first kappa shape index (κ1) is 15.4. The Labute approximate surface area is 123 Å². The van der Waals surface area contributed by atoms with Crippen molar-refractivity contribution in [3.05, 3.63) is 64.2 Å². The van der Waals surface area contributed by atoms with Crippen LogP contribution in [0.15, 0.2) is 42.5 Å². The summed E-state index contributed by atoms with van der Waals surface area (Å²) in [5.41, 5.74) is 0.260. The third-order valence-corrected chi connectivity index (χ3v) is 2.66. The van der Waals surface area contributed by atoms with Gasteiger partial charge < -0.3 is 10.6 Å². The van der Waals surface area contributed by atoms with Gasteiger partial charge in [-0.05, 0) is 18.2 Å². The molecule has 0 spiro atoms. The van der Waals surface area contributed by atoms with Gasteiger partial charge in [-0.15, -0.1) is 0 Å². The van der Waals surface area contributed by atoms with Gasteiger partial charge in [0.2, 0.25) is 5.91 Å². The van der Waals surface area contributed by atoms with Crippen molar-refractivity contribution >= 4 is 23.0 Å². The van der Waals surface area contributed by atoms with Crippen molar-refractivity contribution in [3.63, 3.8) is 0 Å².